The summed E-state index contributed by atoms with van der Waals surface area (Å²) in [5, 5.41) is 3.02. The fourth-order valence-electron chi connectivity index (χ4n) is 4.15. The molecule has 1 N–H and O–H groups in total. The second kappa shape index (κ2) is 7.92. The van der Waals surface area contributed by atoms with E-state index in [9.17, 15) is 9.59 Å². The minimum Gasteiger partial charge on any atom is -0.454 e. The summed E-state index contributed by atoms with van der Waals surface area (Å²) in [6.07, 6.45) is 3.28. The van der Waals surface area contributed by atoms with Crippen molar-refractivity contribution in [2.75, 3.05) is 26.2 Å². The van der Waals surface area contributed by atoms with Crippen LogP contribution in [0.1, 0.15) is 34.3 Å². The van der Waals surface area contributed by atoms with Gasteiger partial charge in [-0.25, -0.2) is 4.98 Å². The van der Waals surface area contributed by atoms with Crippen LogP contribution in [-0.2, 0) is 10.2 Å². The van der Waals surface area contributed by atoms with E-state index in [2.05, 4.69) is 10.3 Å². The highest BCUT2D eigenvalue weighted by atomic mass is 16.7. The van der Waals surface area contributed by atoms with Crippen molar-refractivity contribution in [2.45, 2.75) is 25.2 Å². The van der Waals surface area contributed by atoms with E-state index in [1.807, 2.05) is 49.4 Å². The summed E-state index contributed by atoms with van der Waals surface area (Å²) >= 11 is 0. The Kier molecular flexibility index (Phi) is 5.04. The molecule has 2 aliphatic rings. The van der Waals surface area contributed by atoms with Gasteiger partial charge in [0.1, 0.15) is 5.82 Å². The number of carbonyl (C=O) groups is 2. The van der Waals surface area contributed by atoms with Crippen molar-refractivity contribution >= 4 is 17.6 Å². The third-order valence-electron chi connectivity index (χ3n) is 6.27. The highest BCUT2D eigenvalue weighted by Crippen LogP contribution is 2.51. The van der Waals surface area contributed by atoms with E-state index in [4.69, 9.17) is 9.47 Å². The Morgan fingerprint density at radius 1 is 1.00 bits per heavy atom. The lowest BCUT2D eigenvalue weighted by Crippen LogP contribution is -2.28. The highest BCUT2D eigenvalue weighted by Gasteiger charge is 2.51. The van der Waals surface area contributed by atoms with E-state index < -0.39 is 5.41 Å². The van der Waals surface area contributed by atoms with Gasteiger partial charge in [0, 0.05) is 31.4 Å². The van der Waals surface area contributed by atoms with Gasteiger partial charge in [-0.3, -0.25) is 9.59 Å². The van der Waals surface area contributed by atoms with Crippen molar-refractivity contribution < 1.29 is 19.1 Å². The number of ether oxygens (including phenoxy) is 2. The number of fused-ring (bicyclic) bond motifs is 1. The first-order valence-electron chi connectivity index (χ1n) is 10.9. The molecule has 168 valence electrons. The fraction of sp³-hybridized carbons (Fsp3) is 0.269. The molecule has 1 saturated carbocycles. The van der Waals surface area contributed by atoms with E-state index in [1.165, 1.54) is 0 Å². The molecular weight excluding hydrogens is 418 g/mol. The average molecular weight is 444 g/mol. The van der Waals surface area contributed by atoms with E-state index in [0.717, 1.165) is 35.1 Å². The summed E-state index contributed by atoms with van der Waals surface area (Å²) in [7, 11) is 3.46. The molecule has 0 radical (unpaired) electrons. The zero-order valence-corrected chi connectivity index (χ0v) is 18.8. The number of nitrogens with one attached hydrogen (secondary N) is 1. The summed E-state index contributed by atoms with van der Waals surface area (Å²) in [6.45, 7) is 2.13. The van der Waals surface area contributed by atoms with Crippen LogP contribution in [0.5, 0.6) is 11.5 Å². The number of benzene rings is 2. The Morgan fingerprint density at radius 2 is 1.79 bits per heavy atom. The first-order valence-corrected chi connectivity index (χ1v) is 10.9. The number of anilines is 1. The molecule has 0 saturated heterocycles. The molecule has 1 aliphatic heterocycles. The van der Waals surface area contributed by atoms with Gasteiger partial charge in [-0.05, 0) is 66.8 Å². The fourth-order valence-corrected chi connectivity index (χ4v) is 4.15. The number of carbonyl (C=O) groups excluding carboxylic acids is 2. The highest BCUT2D eigenvalue weighted by molar-refractivity contribution is 6.01. The predicted octanol–water partition coefficient (Wildman–Crippen LogP) is 4.16. The predicted molar refractivity (Wildman–Crippen MR) is 125 cm³/mol. The van der Waals surface area contributed by atoms with Crippen molar-refractivity contribution in [1.82, 2.24) is 9.88 Å². The molecular formula is C26H25N3O4. The van der Waals surface area contributed by atoms with Gasteiger partial charge >= 0.3 is 0 Å². The zero-order chi connectivity index (χ0) is 23.2. The van der Waals surface area contributed by atoms with E-state index in [-0.39, 0.29) is 18.6 Å². The van der Waals surface area contributed by atoms with Crippen LogP contribution < -0.4 is 14.8 Å². The Balaban J connectivity index is 1.36. The summed E-state index contributed by atoms with van der Waals surface area (Å²) < 4.78 is 10.9. The number of amides is 2. The third kappa shape index (κ3) is 3.80. The van der Waals surface area contributed by atoms with Crippen molar-refractivity contribution in [3.05, 3.63) is 71.4 Å². The zero-order valence-electron chi connectivity index (χ0n) is 18.8. The van der Waals surface area contributed by atoms with Crippen molar-refractivity contribution in [1.29, 1.82) is 0 Å². The van der Waals surface area contributed by atoms with Crippen LogP contribution >= 0.6 is 0 Å². The standard InChI is InChI=1S/C26H25N3O4/c1-16-11-19(17-5-4-6-18(12-17)24(30)29(2)3)14-27-23(16)28-25(31)26(9-10-26)20-7-8-21-22(13-20)33-15-32-21/h4-8,11-14H,9-10,15H2,1-3H3,(H,27,28,31). The monoisotopic (exact) mass is 443 g/mol. The Bertz CT molecular complexity index is 1260. The van der Waals surface area contributed by atoms with Crippen LogP contribution in [0.25, 0.3) is 11.1 Å². The maximum absolute atomic E-state index is 13.2. The molecule has 0 unspecified atom stereocenters. The molecule has 2 aromatic carbocycles. The largest absolute Gasteiger partial charge is 0.454 e. The Morgan fingerprint density at radius 3 is 2.52 bits per heavy atom. The van der Waals surface area contributed by atoms with E-state index in [0.29, 0.717) is 22.9 Å². The Hall–Kier alpha value is -3.87. The second-order valence-electron chi connectivity index (χ2n) is 8.77. The van der Waals surface area contributed by atoms with Crippen LogP contribution in [-0.4, -0.2) is 42.6 Å². The lowest BCUT2D eigenvalue weighted by molar-refractivity contribution is -0.118. The van der Waals surface area contributed by atoms with Crippen LogP contribution in [0.2, 0.25) is 0 Å². The van der Waals surface area contributed by atoms with Crippen molar-refractivity contribution in [3.63, 3.8) is 0 Å². The van der Waals surface area contributed by atoms with Crippen LogP contribution in [0.3, 0.4) is 0 Å². The molecule has 0 atom stereocenters. The summed E-state index contributed by atoms with van der Waals surface area (Å²) in [5.74, 6) is 1.81. The molecule has 1 fully saturated rings. The molecule has 7 nitrogen and oxygen atoms in total. The molecule has 0 bridgehead atoms. The van der Waals surface area contributed by atoms with Crippen molar-refractivity contribution in [3.8, 4) is 22.6 Å². The smallest absolute Gasteiger partial charge is 0.253 e. The number of rotatable bonds is 5. The topological polar surface area (TPSA) is 80.8 Å². The molecule has 2 heterocycles. The van der Waals surface area contributed by atoms with Crippen LogP contribution in [0.4, 0.5) is 5.82 Å². The van der Waals surface area contributed by atoms with Gasteiger partial charge in [0.25, 0.3) is 5.91 Å². The number of pyridine rings is 1. The molecule has 2 amide bonds. The summed E-state index contributed by atoms with van der Waals surface area (Å²) in [6, 6.07) is 15.1. The van der Waals surface area contributed by atoms with Gasteiger partial charge in [0.15, 0.2) is 11.5 Å². The van der Waals surface area contributed by atoms with E-state index in [1.54, 1.807) is 31.3 Å². The first-order chi connectivity index (χ1) is 15.9. The first kappa shape index (κ1) is 21.0. The summed E-state index contributed by atoms with van der Waals surface area (Å²) in [5.41, 5.74) is 3.62. The number of hydrogen-bond donors (Lipinski definition) is 1. The SMILES string of the molecule is Cc1cc(-c2cccc(C(=O)N(C)C)c2)cnc1NC(=O)C1(c2ccc3c(c2)OCO3)CC1. The van der Waals surface area contributed by atoms with Gasteiger partial charge in [0.05, 0.1) is 5.41 Å². The van der Waals surface area contributed by atoms with Gasteiger partial charge in [-0.2, -0.15) is 0 Å². The van der Waals surface area contributed by atoms with E-state index >= 15 is 0 Å². The molecule has 0 spiro atoms. The quantitative estimate of drug-likeness (QED) is 0.641. The number of aryl methyl sites for hydroxylation is 1. The molecule has 3 aromatic rings. The minimum atomic E-state index is -0.561. The Labute approximate surface area is 192 Å². The van der Waals surface area contributed by atoms with Gasteiger partial charge < -0.3 is 19.7 Å². The number of nitrogens with zero attached hydrogens (tertiary/aromatic N) is 2. The van der Waals surface area contributed by atoms with Crippen LogP contribution in [0.15, 0.2) is 54.7 Å². The normalized spacial score (nSPS) is 15.1. The molecule has 1 aliphatic carbocycles. The minimum absolute atomic E-state index is 0.0522. The van der Waals surface area contributed by atoms with Crippen LogP contribution in [0, 0.1) is 6.92 Å². The maximum Gasteiger partial charge on any atom is 0.253 e. The second-order valence-corrected chi connectivity index (χ2v) is 8.77. The number of hydrogen-bond acceptors (Lipinski definition) is 5. The van der Waals surface area contributed by atoms with Gasteiger partial charge in [-0.1, -0.05) is 18.2 Å². The third-order valence-corrected chi connectivity index (χ3v) is 6.27. The lowest BCUT2D eigenvalue weighted by Gasteiger charge is -2.17. The molecule has 7 heteroatoms. The molecule has 5 rings (SSSR count). The number of aromatic nitrogens is 1. The van der Waals surface area contributed by atoms with Gasteiger partial charge in [0.2, 0.25) is 12.7 Å². The maximum atomic E-state index is 13.2. The van der Waals surface area contributed by atoms with Gasteiger partial charge in [-0.15, -0.1) is 0 Å². The average Bonchev–Trinajstić information content (AvgIpc) is 3.50. The van der Waals surface area contributed by atoms with Crippen molar-refractivity contribution in [2.24, 2.45) is 0 Å². The molecule has 33 heavy (non-hydrogen) atoms. The summed E-state index contributed by atoms with van der Waals surface area (Å²) in [4.78, 5) is 31.6. The molecule has 1 aromatic heterocycles. The lowest BCUT2D eigenvalue weighted by atomic mass is 9.94.